The van der Waals surface area contributed by atoms with Crippen LogP contribution in [0.2, 0.25) is 0 Å². The number of nitrogens with zero attached hydrogens (tertiary/aromatic N) is 5. The fraction of sp³-hybridized carbons (Fsp3) is 0.174. The Morgan fingerprint density at radius 2 is 1.69 bits per heavy atom. The molecule has 0 unspecified atom stereocenters. The Labute approximate surface area is 185 Å². The third-order valence-electron chi connectivity index (χ3n) is 5.65. The standard InChI is InChI=1S/C23H21N5O3S/c29-23(20-6-8-22(25-16-20)27-10-9-24-17-27)26-11-13-28(14-12-26)32(30,31)21-7-5-18-3-1-2-4-19(18)15-21/h1-10,15-17H,11-14H2. The van der Waals surface area contributed by atoms with Crippen LogP contribution in [0.4, 0.5) is 0 Å². The lowest BCUT2D eigenvalue weighted by molar-refractivity contribution is 0.0697. The number of aromatic nitrogens is 3. The summed E-state index contributed by atoms with van der Waals surface area (Å²) in [4.78, 5) is 23.1. The summed E-state index contributed by atoms with van der Waals surface area (Å²) in [6.07, 6.45) is 6.61. The topological polar surface area (TPSA) is 88.4 Å². The molecule has 0 radical (unpaired) electrons. The molecule has 2 aromatic heterocycles. The second-order valence-corrected chi connectivity index (χ2v) is 9.52. The van der Waals surface area contributed by atoms with Crippen LogP contribution in [0.3, 0.4) is 0 Å². The van der Waals surface area contributed by atoms with Crippen LogP contribution < -0.4 is 0 Å². The number of imidazole rings is 1. The minimum atomic E-state index is -3.62. The molecule has 5 rings (SSSR count). The van der Waals surface area contributed by atoms with E-state index in [0.717, 1.165) is 10.8 Å². The van der Waals surface area contributed by atoms with Gasteiger partial charge in [-0.2, -0.15) is 4.31 Å². The van der Waals surface area contributed by atoms with Crippen molar-refractivity contribution in [2.45, 2.75) is 4.90 Å². The van der Waals surface area contributed by atoms with E-state index in [1.807, 2.05) is 30.3 Å². The van der Waals surface area contributed by atoms with Gasteiger partial charge in [-0.3, -0.25) is 9.36 Å². The number of sulfonamides is 1. The average molecular weight is 448 g/mol. The first kappa shape index (κ1) is 20.3. The molecule has 8 nitrogen and oxygen atoms in total. The van der Waals surface area contributed by atoms with Crippen molar-refractivity contribution in [1.82, 2.24) is 23.7 Å². The molecule has 0 spiro atoms. The number of hydrogen-bond acceptors (Lipinski definition) is 5. The monoisotopic (exact) mass is 447 g/mol. The molecule has 0 atom stereocenters. The minimum Gasteiger partial charge on any atom is -0.336 e. The number of rotatable bonds is 4. The number of carbonyl (C=O) groups is 1. The summed E-state index contributed by atoms with van der Waals surface area (Å²) in [6, 6.07) is 16.3. The number of amides is 1. The quantitative estimate of drug-likeness (QED) is 0.480. The van der Waals surface area contributed by atoms with Crippen molar-refractivity contribution in [3.8, 4) is 5.82 Å². The number of fused-ring (bicyclic) bond motifs is 1. The molecule has 1 amide bonds. The smallest absolute Gasteiger partial charge is 0.255 e. The van der Waals surface area contributed by atoms with Crippen LogP contribution in [-0.2, 0) is 10.0 Å². The first-order chi connectivity index (χ1) is 15.5. The lowest BCUT2D eigenvalue weighted by Crippen LogP contribution is -2.50. The molecule has 1 aliphatic heterocycles. The van der Waals surface area contributed by atoms with Gasteiger partial charge in [-0.1, -0.05) is 30.3 Å². The third kappa shape index (κ3) is 3.76. The van der Waals surface area contributed by atoms with Crippen molar-refractivity contribution in [2.75, 3.05) is 26.2 Å². The molecule has 9 heteroatoms. The molecule has 162 valence electrons. The molecule has 0 saturated carbocycles. The molecule has 0 aliphatic carbocycles. The molecule has 1 fully saturated rings. The minimum absolute atomic E-state index is 0.155. The number of hydrogen-bond donors (Lipinski definition) is 0. The maximum atomic E-state index is 13.1. The first-order valence-corrected chi connectivity index (χ1v) is 11.7. The van der Waals surface area contributed by atoms with Gasteiger partial charge in [-0.15, -0.1) is 0 Å². The molecule has 4 aromatic rings. The Morgan fingerprint density at radius 1 is 0.906 bits per heavy atom. The van der Waals surface area contributed by atoms with E-state index < -0.39 is 10.0 Å². The summed E-state index contributed by atoms with van der Waals surface area (Å²) in [7, 11) is -3.62. The zero-order valence-electron chi connectivity index (χ0n) is 17.2. The van der Waals surface area contributed by atoms with Crippen molar-refractivity contribution >= 4 is 26.7 Å². The molecule has 3 heterocycles. The van der Waals surface area contributed by atoms with Crippen molar-refractivity contribution in [3.05, 3.63) is 85.1 Å². The van der Waals surface area contributed by atoms with E-state index in [2.05, 4.69) is 9.97 Å². The largest absolute Gasteiger partial charge is 0.336 e. The van der Waals surface area contributed by atoms with Gasteiger partial charge < -0.3 is 4.90 Å². The van der Waals surface area contributed by atoms with Gasteiger partial charge in [0.05, 0.1) is 10.5 Å². The van der Waals surface area contributed by atoms with E-state index in [4.69, 9.17) is 0 Å². The third-order valence-corrected chi connectivity index (χ3v) is 7.54. The van der Waals surface area contributed by atoms with E-state index in [1.54, 1.807) is 52.5 Å². The molecule has 0 bridgehead atoms. The molecule has 32 heavy (non-hydrogen) atoms. The van der Waals surface area contributed by atoms with Crippen LogP contribution in [0, 0.1) is 0 Å². The van der Waals surface area contributed by atoms with Crippen molar-refractivity contribution in [3.63, 3.8) is 0 Å². The Hall–Kier alpha value is -3.56. The number of benzene rings is 2. The van der Waals surface area contributed by atoms with E-state index in [1.165, 1.54) is 10.5 Å². The SMILES string of the molecule is O=C(c1ccc(-n2ccnc2)nc1)N1CCN(S(=O)(=O)c2ccc3ccccc3c2)CC1. The molecule has 1 saturated heterocycles. The van der Waals surface area contributed by atoms with Crippen LogP contribution in [0.15, 0.2) is 84.4 Å². The van der Waals surface area contributed by atoms with Crippen molar-refractivity contribution < 1.29 is 13.2 Å². The maximum Gasteiger partial charge on any atom is 0.255 e. The van der Waals surface area contributed by atoms with Gasteiger partial charge in [0.25, 0.3) is 5.91 Å². The Morgan fingerprint density at radius 3 is 2.38 bits per heavy atom. The summed E-state index contributed by atoms with van der Waals surface area (Å²) < 4.78 is 29.5. The highest BCUT2D eigenvalue weighted by molar-refractivity contribution is 7.89. The van der Waals surface area contributed by atoms with E-state index in [9.17, 15) is 13.2 Å². The van der Waals surface area contributed by atoms with Crippen LogP contribution in [-0.4, -0.2) is 64.2 Å². The van der Waals surface area contributed by atoms with Gasteiger partial charge in [0.15, 0.2) is 0 Å². The predicted octanol–water partition coefficient (Wildman–Crippen LogP) is 2.57. The number of carbonyl (C=O) groups excluding carboxylic acids is 1. The van der Waals surface area contributed by atoms with Gasteiger partial charge in [-0.25, -0.2) is 18.4 Å². The normalized spacial score (nSPS) is 15.2. The van der Waals surface area contributed by atoms with Gasteiger partial charge in [0, 0.05) is 44.8 Å². The molecule has 0 N–H and O–H groups in total. The predicted molar refractivity (Wildman–Crippen MR) is 120 cm³/mol. The second kappa shape index (κ2) is 8.18. The lowest BCUT2D eigenvalue weighted by Gasteiger charge is -2.34. The number of piperazine rings is 1. The van der Waals surface area contributed by atoms with Gasteiger partial charge in [0.2, 0.25) is 10.0 Å². The molecular formula is C23H21N5O3S. The summed E-state index contributed by atoms with van der Waals surface area (Å²) >= 11 is 0. The highest BCUT2D eigenvalue weighted by Gasteiger charge is 2.30. The molecule has 1 aliphatic rings. The lowest BCUT2D eigenvalue weighted by atomic mass is 10.1. The Bertz CT molecular complexity index is 1360. The van der Waals surface area contributed by atoms with Crippen LogP contribution in [0.5, 0.6) is 0 Å². The first-order valence-electron chi connectivity index (χ1n) is 10.2. The maximum absolute atomic E-state index is 13.1. The Balaban J connectivity index is 1.27. The highest BCUT2D eigenvalue weighted by atomic mass is 32.2. The fourth-order valence-corrected chi connectivity index (χ4v) is 5.31. The summed E-state index contributed by atoms with van der Waals surface area (Å²) in [6.45, 7) is 1.16. The fourth-order valence-electron chi connectivity index (χ4n) is 3.85. The van der Waals surface area contributed by atoms with Crippen molar-refractivity contribution in [2.24, 2.45) is 0 Å². The average Bonchev–Trinajstić information content (AvgIpc) is 3.38. The zero-order valence-corrected chi connectivity index (χ0v) is 18.0. The van der Waals surface area contributed by atoms with E-state index >= 15 is 0 Å². The van der Waals surface area contributed by atoms with Crippen LogP contribution in [0.25, 0.3) is 16.6 Å². The van der Waals surface area contributed by atoms with Crippen LogP contribution in [0.1, 0.15) is 10.4 Å². The van der Waals surface area contributed by atoms with Gasteiger partial charge in [-0.05, 0) is 35.0 Å². The van der Waals surface area contributed by atoms with Crippen molar-refractivity contribution in [1.29, 1.82) is 0 Å². The Kier molecular flexibility index (Phi) is 5.20. The van der Waals surface area contributed by atoms with Gasteiger partial charge in [0.1, 0.15) is 12.1 Å². The number of pyridine rings is 1. The van der Waals surface area contributed by atoms with E-state index in [-0.39, 0.29) is 23.9 Å². The van der Waals surface area contributed by atoms with Gasteiger partial charge >= 0.3 is 0 Å². The summed E-state index contributed by atoms with van der Waals surface area (Å²) in [5, 5.41) is 1.88. The summed E-state index contributed by atoms with van der Waals surface area (Å²) in [5.74, 6) is 0.516. The zero-order chi connectivity index (χ0) is 22.1. The van der Waals surface area contributed by atoms with Crippen LogP contribution >= 0.6 is 0 Å². The summed E-state index contributed by atoms with van der Waals surface area (Å²) in [5.41, 5.74) is 0.472. The molecule has 2 aromatic carbocycles. The highest BCUT2D eigenvalue weighted by Crippen LogP contribution is 2.23. The van der Waals surface area contributed by atoms with E-state index in [0.29, 0.717) is 24.5 Å². The second-order valence-electron chi connectivity index (χ2n) is 7.58. The molecular weight excluding hydrogens is 426 g/mol.